The highest BCUT2D eigenvalue weighted by molar-refractivity contribution is 6.31. The number of amides is 1. The Morgan fingerprint density at radius 3 is 2.53 bits per heavy atom. The summed E-state index contributed by atoms with van der Waals surface area (Å²) >= 11 is 6.60. The maximum atomic E-state index is 13.0. The van der Waals surface area contributed by atoms with Gasteiger partial charge in [-0.05, 0) is 36.5 Å². The van der Waals surface area contributed by atoms with Gasteiger partial charge in [-0.1, -0.05) is 30.3 Å². The molecule has 1 aromatic carbocycles. The van der Waals surface area contributed by atoms with Crippen LogP contribution in [0.3, 0.4) is 0 Å². The van der Waals surface area contributed by atoms with Gasteiger partial charge in [-0.3, -0.25) is 4.90 Å². The number of hydrogen-bond donors (Lipinski definition) is 0. The summed E-state index contributed by atoms with van der Waals surface area (Å²) in [5.74, 6) is 1.60. The Bertz CT molecular complexity index is 1200. The van der Waals surface area contributed by atoms with E-state index >= 15 is 0 Å². The molecule has 2 aliphatic heterocycles. The molecule has 2 saturated heterocycles. The molecule has 34 heavy (non-hydrogen) atoms. The van der Waals surface area contributed by atoms with Gasteiger partial charge in [0.25, 0.3) is 0 Å². The van der Waals surface area contributed by atoms with Crippen molar-refractivity contribution in [2.75, 3.05) is 38.1 Å². The zero-order valence-corrected chi connectivity index (χ0v) is 20.2. The Morgan fingerprint density at radius 1 is 1.18 bits per heavy atom. The molecule has 0 bridgehead atoms. The van der Waals surface area contributed by atoms with Gasteiger partial charge >= 0.3 is 6.03 Å². The fraction of sp³-hybridized carbons (Fsp3) is 0.360. The van der Waals surface area contributed by atoms with Crippen LogP contribution in [0.15, 0.2) is 61.3 Å². The molecule has 2 fully saturated rings. The zero-order chi connectivity index (χ0) is 23.8. The molecule has 9 heteroatoms. The van der Waals surface area contributed by atoms with E-state index in [1.807, 2.05) is 35.9 Å². The number of hydrogen-bond acceptors (Lipinski definition) is 6. The number of anilines is 1. The molecular formula is C25H28ClN7O. The quantitative estimate of drug-likeness (QED) is 0.553. The highest BCUT2D eigenvalue weighted by atomic mass is 35.5. The van der Waals surface area contributed by atoms with Crippen molar-refractivity contribution in [3.63, 3.8) is 0 Å². The number of nitrogens with zero attached hydrogens (tertiary/aromatic N) is 7. The number of likely N-dealkylation sites (tertiary alicyclic amines) is 2. The van der Waals surface area contributed by atoms with Gasteiger partial charge in [0, 0.05) is 68.4 Å². The van der Waals surface area contributed by atoms with Gasteiger partial charge in [0.1, 0.15) is 0 Å². The number of aromatic nitrogens is 4. The summed E-state index contributed by atoms with van der Waals surface area (Å²) < 4.78 is 1.44. The fourth-order valence-corrected chi connectivity index (χ4v) is 5.08. The molecule has 0 N–H and O–H groups in total. The molecule has 0 spiro atoms. The minimum absolute atomic E-state index is 0.0657. The van der Waals surface area contributed by atoms with E-state index in [1.165, 1.54) is 4.68 Å². The van der Waals surface area contributed by atoms with Gasteiger partial charge in [0.2, 0.25) is 0 Å². The summed E-state index contributed by atoms with van der Waals surface area (Å²) in [6, 6.07) is 7.76. The third-order valence-corrected chi connectivity index (χ3v) is 7.18. The maximum Gasteiger partial charge on any atom is 0.344 e. The molecule has 5 rings (SSSR count). The highest BCUT2D eigenvalue weighted by Gasteiger charge is 2.42. The van der Waals surface area contributed by atoms with Crippen molar-refractivity contribution < 1.29 is 4.79 Å². The lowest BCUT2D eigenvalue weighted by Crippen LogP contribution is -2.36. The lowest BCUT2D eigenvalue weighted by atomic mass is 10.0. The van der Waals surface area contributed by atoms with Crippen molar-refractivity contribution in [1.82, 2.24) is 29.5 Å². The van der Waals surface area contributed by atoms with Crippen LogP contribution in [0.25, 0.3) is 11.4 Å². The van der Waals surface area contributed by atoms with Crippen LogP contribution >= 0.6 is 11.6 Å². The van der Waals surface area contributed by atoms with E-state index in [9.17, 15) is 4.79 Å². The van der Waals surface area contributed by atoms with Gasteiger partial charge in [0.15, 0.2) is 5.82 Å². The molecule has 0 aliphatic carbocycles. The van der Waals surface area contributed by atoms with E-state index in [-0.39, 0.29) is 6.03 Å². The number of carbonyl (C=O) groups is 1. The zero-order valence-electron chi connectivity index (χ0n) is 19.4. The van der Waals surface area contributed by atoms with E-state index in [0.29, 0.717) is 17.7 Å². The summed E-state index contributed by atoms with van der Waals surface area (Å²) in [4.78, 5) is 27.9. The highest BCUT2D eigenvalue weighted by Crippen LogP contribution is 2.33. The molecule has 1 amide bonds. The molecule has 2 unspecified atom stereocenters. The molecule has 8 nitrogen and oxygen atoms in total. The molecule has 4 heterocycles. The standard InChI is InChI=1S/C25H28ClN7O/c1-17(2)30(3)22-10-29-33(16-22)25(34)32-14-20-12-31(13-21(20)15-32)11-19-6-5-18(9-23(19)26)24-27-7-4-8-28-24/h4-10,16,20-21H,1,11-15H2,2-3H3. The van der Waals surface area contributed by atoms with Crippen molar-refractivity contribution >= 4 is 23.3 Å². The molecule has 176 valence electrons. The van der Waals surface area contributed by atoms with Crippen LogP contribution in [0.5, 0.6) is 0 Å². The number of benzene rings is 1. The van der Waals surface area contributed by atoms with Crippen molar-refractivity contribution in [1.29, 1.82) is 0 Å². The van der Waals surface area contributed by atoms with Crippen LogP contribution in [0.2, 0.25) is 5.02 Å². The van der Waals surface area contributed by atoms with Crippen LogP contribution in [0.1, 0.15) is 12.5 Å². The number of carbonyl (C=O) groups excluding carboxylic acids is 1. The Balaban J connectivity index is 1.18. The van der Waals surface area contributed by atoms with E-state index in [4.69, 9.17) is 11.6 Å². The summed E-state index contributed by atoms with van der Waals surface area (Å²) in [6.45, 7) is 10.1. The first-order chi connectivity index (χ1) is 16.4. The molecule has 0 radical (unpaired) electrons. The Kier molecular flexibility index (Phi) is 6.10. The lowest BCUT2D eigenvalue weighted by Gasteiger charge is -2.22. The van der Waals surface area contributed by atoms with Crippen molar-refractivity contribution in [3.05, 3.63) is 71.9 Å². The van der Waals surface area contributed by atoms with Gasteiger partial charge in [-0.15, -0.1) is 0 Å². The van der Waals surface area contributed by atoms with Crippen molar-refractivity contribution in [2.45, 2.75) is 13.5 Å². The predicted octanol–water partition coefficient (Wildman–Crippen LogP) is 4.00. The molecule has 2 aliphatic rings. The van der Waals surface area contributed by atoms with Crippen LogP contribution in [-0.2, 0) is 6.54 Å². The summed E-state index contributed by atoms with van der Waals surface area (Å²) in [5.41, 5.74) is 3.76. The van der Waals surface area contributed by atoms with E-state index in [0.717, 1.165) is 60.3 Å². The Hall–Kier alpha value is -3.23. The fourth-order valence-electron chi connectivity index (χ4n) is 4.84. The second kappa shape index (κ2) is 9.19. The first kappa shape index (κ1) is 22.6. The van der Waals surface area contributed by atoms with Gasteiger partial charge in [-0.25, -0.2) is 14.8 Å². The van der Waals surface area contributed by atoms with Crippen molar-refractivity contribution in [2.24, 2.45) is 11.8 Å². The number of rotatable bonds is 5. The minimum Gasteiger partial charge on any atom is -0.347 e. The molecular weight excluding hydrogens is 450 g/mol. The third kappa shape index (κ3) is 4.43. The van der Waals surface area contributed by atoms with Crippen LogP contribution in [0, 0.1) is 11.8 Å². The van der Waals surface area contributed by atoms with E-state index in [2.05, 4.69) is 32.6 Å². The monoisotopic (exact) mass is 477 g/mol. The maximum absolute atomic E-state index is 13.0. The van der Waals surface area contributed by atoms with Gasteiger partial charge in [0.05, 0.1) is 18.1 Å². The topological polar surface area (TPSA) is 70.4 Å². The summed E-state index contributed by atoms with van der Waals surface area (Å²) in [5, 5.41) is 5.01. The molecule has 0 saturated carbocycles. The number of halogens is 1. The average molecular weight is 478 g/mol. The van der Waals surface area contributed by atoms with Gasteiger partial charge in [-0.2, -0.15) is 9.78 Å². The molecule has 3 aromatic rings. The van der Waals surface area contributed by atoms with Crippen LogP contribution in [-0.4, -0.2) is 68.8 Å². The minimum atomic E-state index is -0.0657. The smallest absolute Gasteiger partial charge is 0.344 e. The molecule has 2 atom stereocenters. The van der Waals surface area contributed by atoms with Crippen molar-refractivity contribution in [3.8, 4) is 11.4 Å². The SMILES string of the molecule is C=C(C)N(C)c1cnn(C(=O)N2CC3CN(Cc4ccc(-c5ncccn5)cc4Cl)CC3C2)c1. The Labute approximate surface area is 204 Å². The molecule has 2 aromatic heterocycles. The summed E-state index contributed by atoms with van der Waals surface area (Å²) in [6.07, 6.45) is 6.92. The first-order valence-corrected chi connectivity index (χ1v) is 11.8. The van der Waals surface area contributed by atoms with Crippen LogP contribution in [0.4, 0.5) is 10.5 Å². The summed E-state index contributed by atoms with van der Waals surface area (Å²) in [7, 11) is 1.91. The lowest BCUT2D eigenvalue weighted by molar-refractivity contribution is 0.197. The van der Waals surface area contributed by atoms with Crippen LogP contribution < -0.4 is 4.90 Å². The number of fused-ring (bicyclic) bond motifs is 1. The predicted molar refractivity (Wildman–Crippen MR) is 133 cm³/mol. The third-order valence-electron chi connectivity index (χ3n) is 6.83. The Morgan fingerprint density at radius 2 is 1.88 bits per heavy atom. The normalized spacial score (nSPS) is 19.9. The van der Waals surface area contributed by atoms with E-state index in [1.54, 1.807) is 30.9 Å². The second-order valence-corrected chi connectivity index (χ2v) is 9.62. The van der Waals surface area contributed by atoms with Gasteiger partial charge < -0.3 is 9.80 Å². The van der Waals surface area contributed by atoms with E-state index < -0.39 is 0 Å². The first-order valence-electron chi connectivity index (χ1n) is 11.4. The number of allylic oxidation sites excluding steroid dienone is 1. The second-order valence-electron chi connectivity index (χ2n) is 9.22. The largest absolute Gasteiger partial charge is 0.347 e. The average Bonchev–Trinajstić information content (AvgIpc) is 3.55.